The molecular formula is C10H20N6O2. The highest BCUT2D eigenvalue weighted by molar-refractivity contribution is 5.35. The summed E-state index contributed by atoms with van der Waals surface area (Å²) in [6.45, 7) is 4.84. The van der Waals surface area contributed by atoms with Gasteiger partial charge in [0.25, 0.3) is 0 Å². The predicted octanol–water partition coefficient (Wildman–Crippen LogP) is -0.0137. The van der Waals surface area contributed by atoms with Crippen molar-refractivity contribution in [2.45, 2.75) is 20.3 Å². The van der Waals surface area contributed by atoms with E-state index in [2.05, 4.69) is 25.7 Å². The molecule has 1 heterocycles. The molecule has 1 aromatic rings. The van der Waals surface area contributed by atoms with E-state index in [1.807, 2.05) is 13.8 Å². The van der Waals surface area contributed by atoms with E-state index in [1.54, 1.807) is 0 Å². The Bertz CT molecular complexity index is 362. The van der Waals surface area contributed by atoms with Crippen LogP contribution >= 0.6 is 0 Å². The monoisotopic (exact) mass is 256 g/mol. The minimum atomic E-state index is -0.0646. The van der Waals surface area contributed by atoms with Gasteiger partial charge in [-0.2, -0.15) is 15.0 Å². The number of nitrogens with two attached hydrogens (primary N) is 1. The number of rotatable bonds is 7. The normalized spacial score (nSPS) is 11.2. The van der Waals surface area contributed by atoms with Crippen LogP contribution in [0.15, 0.2) is 0 Å². The van der Waals surface area contributed by atoms with E-state index in [0.29, 0.717) is 18.9 Å². The van der Waals surface area contributed by atoms with Gasteiger partial charge in [-0.25, -0.2) is 5.84 Å². The van der Waals surface area contributed by atoms with Crippen LogP contribution in [0.25, 0.3) is 0 Å². The third kappa shape index (κ3) is 4.30. The second kappa shape index (κ2) is 6.31. The van der Waals surface area contributed by atoms with Gasteiger partial charge in [-0.15, -0.1) is 0 Å². The van der Waals surface area contributed by atoms with Gasteiger partial charge in [0.1, 0.15) is 0 Å². The van der Waals surface area contributed by atoms with E-state index < -0.39 is 0 Å². The molecule has 0 saturated carbocycles. The van der Waals surface area contributed by atoms with Crippen LogP contribution in [0.5, 0.6) is 6.01 Å². The van der Waals surface area contributed by atoms with Gasteiger partial charge in [-0.3, -0.25) is 5.43 Å². The highest BCUT2D eigenvalue weighted by Crippen LogP contribution is 2.20. The third-order valence-electron chi connectivity index (χ3n) is 2.44. The van der Waals surface area contributed by atoms with Gasteiger partial charge in [-0.1, -0.05) is 13.8 Å². The number of hydrogen-bond donors (Lipinski definition) is 4. The van der Waals surface area contributed by atoms with E-state index >= 15 is 0 Å². The van der Waals surface area contributed by atoms with Crippen molar-refractivity contribution >= 4 is 11.9 Å². The van der Waals surface area contributed by atoms with Gasteiger partial charge < -0.3 is 15.2 Å². The van der Waals surface area contributed by atoms with Crippen LogP contribution < -0.4 is 21.3 Å². The van der Waals surface area contributed by atoms with Crippen molar-refractivity contribution in [3.8, 4) is 6.01 Å². The molecule has 8 nitrogen and oxygen atoms in total. The molecule has 1 rings (SSSR count). The molecule has 0 spiro atoms. The zero-order valence-corrected chi connectivity index (χ0v) is 10.9. The Labute approximate surface area is 106 Å². The topological polar surface area (TPSA) is 118 Å². The summed E-state index contributed by atoms with van der Waals surface area (Å²) in [5.74, 6) is 5.85. The van der Waals surface area contributed by atoms with Crippen LogP contribution in [0.3, 0.4) is 0 Å². The number of nitrogens with one attached hydrogen (secondary N) is 2. The Morgan fingerprint density at radius 3 is 2.50 bits per heavy atom. The molecule has 0 aliphatic heterocycles. The molecule has 0 aliphatic rings. The quantitative estimate of drug-likeness (QED) is 0.397. The van der Waals surface area contributed by atoms with Gasteiger partial charge in [0.15, 0.2) is 0 Å². The Kier molecular flexibility index (Phi) is 5.05. The average molecular weight is 256 g/mol. The van der Waals surface area contributed by atoms with E-state index in [-0.39, 0.29) is 24.0 Å². The van der Waals surface area contributed by atoms with Crippen LogP contribution in [0, 0.1) is 5.41 Å². The zero-order valence-electron chi connectivity index (χ0n) is 10.9. The Balaban J connectivity index is 2.72. The molecule has 0 amide bonds. The average Bonchev–Trinajstić information content (AvgIpc) is 2.36. The molecule has 18 heavy (non-hydrogen) atoms. The lowest BCUT2D eigenvalue weighted by molar-refractivity contribution is 0.220. The molecule has 8 heteroatoms. The van der Waals surface area contributed by atoms with Gasteiger partial charge in [0.05, 0.1) is 7.11 Å². The summed E-state index contributed by atoms with van der Waals surface area (Å²) < 4.78 is 4.94. The number of aliphatic hydroxyl groups is 1. The summed E-state index contributed by atoms with van der Waals surface area (Å²) in [5.41, 5.74) is 2.28. The number of aliphatic hydroxyl groups excluding tert-OH is 1. The van der Waals surface area contributed by atoms with Crippen LogP contribution in [-0.4, -0.2) is 40.3 Å². The SMILES string of the molecule is COc1nc(NN)nc(NCC(C)(C)CCO)n1. The van der Waals surface area contributed by atoms with E-state index in [1.165, 1.54) is 7.11 Å². The van der Waals surface area contributed by atoms with Crippen LogP contribution in [0.1, 0.15) is 20.3 Å². The number of methoxy groups -OCH3 is 1. The Morgan fingerprint density at radius 1 is 1.28 bits per heavy atom. The third-order valence-corrected chi connectivity index (χ3v) is 2.44. The standard InChI is InChI=1S/C10H20N6O2/c1-10(2,4-5-17)6-12-7-13-8(16-11)15-9(14-7)18-3/h17H,4-6,11H2,1-3H3,(H2,12,13,14,15,16). The molecule has 102 valence electrons. The number of hydrogen-bond acceptors (Lipinski definition) is 8. The van der Waals surface area contributed by atoms with Crippen molar-refractivity contribution < 1.29 is 9.84 Å². The van der Waals surface area contributed by atoms with E-state index in [4.69, 9.17) is 15.7 Å². The minimum Gasteiger partial charge on any atom is -0.467 e. The molecule has 0 unspecified atom stereocenters. The van der Waals surface area contributed by atoms with Crippen molar-refractivity contribution in [2.75, 3.05) is 31.0 Å². The molecule has 5 N–H and O–H groups in total. The molecule has 0 atom stereocenters. The predicted molar refractivity (Wildman–Crippen MR) is 68.2 cm³/mol. The first-order valence-corrected chi connectivity index (χ1v) is 5.62. The first-order chi connectivity index (χ1) is 8.50. The number of nitrogens with zero attached hydrogens (tertiary/aromatic N) is 3. The molecule has 0 saturated heterocycles. The van der Waals surface area contributed by atoms with Crippen molar-refractivity contribution in [2.24, 2.45) is 11.3 Å². The maximum atomic E-state index is 8.95. The first-order valence-electron chi connectivity index (χ1n) is 5.62. The number of hydrazine groups is 1. The molecular weight excluding hydrogens is 236 g/mol. The minimum absolute atomic E-state index is 0.0646. The lowest BCUT2D eigenvalue weighted by atomic mass is 9.90. The number of ether oxygens (including phenoxy) is 1. The van der Waals surface area contributed by atoms with Crippen LogP contribution in [0.4, 0.5) is 11.9 Å². The second-order valence-corrected chi connectivity index (χ2v) is 4.61. The summed E-state index contributed by atoms with van der Waals surface area (Å²) >= 11 is 0. The van der Waals surface area contributed by atoms with Crippen molar-refractivity contribution in [3.63, 3.8) is 0 Å². The van der Waals surface area contributed by atoms with Crippen LogP contribution in [-0.2, 0) is 0 Å². The number of anilines is 2. The van der Waals surface area contributed by atoms with Crippen LogP contribution in [0.2, 0.25) is 0 Å². The largest absolute Gasteiger partial charge is 0.467 e. The Morgan fingerprint density at radius 2 is 1.94 bits per heavy atom. The highest BCUT2D eigenvalue weighted by atomic mass is 16.5. The smallest absolute Gasteiger partial charge is 0.322 e. The molecule has 0 radical (unpaired) electrons. The van der Waals surface area contributed by atoms with Gasteiger partial charge in [-0.05, 0) is 11.8 Å². The molecule has 0 bridgehead atoms. The summed E-state index contributed by atoms with van der Waals surface area (Å²) in [6.07, 6.45) is 0.685. The molecule has 0 aromatic carbocycles. The fourth-order valence-corrected chi connectivity index (χ4v) is 1.30. The highest BCUT2D eigenvalue weighted by Gasteiger charge is 2.17. The van der Waals surface area contributed by atoms with Crippen molar-refractivity contribution in [1.29, 1.82) is 0 Å². The second-order valence-electron chi connectivity index (χ2n) is 4.61. The fraction of sp³-hybridized carbons (Fsp3) is 0.700. The molecule has 1 aromatic heterocycles. The molecule has 0 fully saturated rings. The maximum absolute atomic E-state index is 8.95. The van der Waals surface area contributed by atoms with Gasteiger partial charge in [0.2, 0.25) is 11.9 Å². The Hall–Kier alpha value is -1.67. The van der Waals surface area contributed by atoms with Gasteiger partial charge in [0, 0.05) is 13.2 Å². The number of nitrogen functional groups attached to an aromatic ring is 1. The summed E-state index contributed by atoms with van der Waals surface area (Å²) in [4.78, 5) is 12.0. The molecule has 0 aliphatic carbocycles. The van der Waals surface area contributed by atoms with Gasteiger partial charge >= 0.3 is 6.01 Å². The first kappa shape index (κ1) is 14.4. The lowest BCUT2D eigenvalue weighted by Gasteiger charge is -2.23. The van der Waals surface area contributed by atoms with E-state index in [9.17, 15) is 0 Å². The summed E-state index contributed by atoms with van der Waals surface area (Å²) in [5, 5.41) is 12.0. The summed E-state index contributed by atoms with van der Waals surface area (Å²) in [7, 11) is 1.47. The zero-order chi connectivity index (χ0) is 13.6. The van der Waals surface area contributed by atoms with E-state index in [0.717, 1.165) is 0 Å². The van der Waals surface area contributed by atoms with Crippen molar-refractivity contribution in [3.05, 3.63) is 0 Å². The maximum Gasteiger partial charge on any atom is 0.322 e. The summed E-state index contributed by atoms with van der Waals surface area (Å²) in [6, 6.07) is 0.181. The van der Waals surface area contributed by atoms with Crippen molar-refractivity contribution in [1.82, 2.24) is 15.0 Å². The fourth-order valence-electron chi connectivity index (χ4n) is 1.30. The lowest BCUT2D eigenvalue weighted by Crippen LogP contribution is -2.25. The number of aromatic nitrogens is 3.